The molecule has 2 rings (SSSR count). The lowest BCUT2D eigenvalue weighted by atomic mass is 9.99. The van der Waals surface area contributed by atoms with Gasteiger partial charge in [0.15, 0.2) is 5.11 Å². The minimum absolute atomic E-state index is 0.420. The maximum atomic E-state index is 5.32. The average molecular weight is 241 g/mol. The third-order valence-electron chi connectivity index (χ3n) is 3.59. The lowest BCUT2D eigenvalue weighted by Gasteiger charge is -2.33. The minimum atomic E-state index is 0.420. The van der Waals surface area contributed by atoms with Crippen LogP contribution < -0.4 is 10.6 Å². The molecule has 2 heterocycles. The highest BCUT2D eigenvalue weighted by Crippen LogP contribution is 2.26. The number of hydrogen-bond donors (Lipinski definition) is 2. The predicted molar refractivity (Wildman–Crippen MR) is 71.6 cm³/mol. The van der Waals surface area contributed by atoms with Gasteiger partial charge in [-0.2, -0.15) is 0 Å². The Balaban J connectivity index is 1.83. The molecule has 0 aromatic heterocycles. The van der Waals surface area contributed by atoms with E-state index in [9.17, 15) is 0 Å². The molecular formula is C12H23N3S. The van der Waals surface area contributed by atoms with Crippen LogP contribution in [0.1, 0.15) is 39.5 Å². The number of hydrogen-bond acceptors (Lipinski definition) is 2. The molecule has 2 N–H and O–H groups in total. The first-order chi connectivity index (χ1) is 7.66. The summed E-state index contributed by atoms with van der Waals surface area (Å²) in [6.07, 6.45) is 5.33. The third kappa shape index (κ3) is 2.86. The fourth-order valence-electron chi connectivity index (χ4n) is 2.89. The van der Waals surface area contributed by atoms with Crippen LogP contribution in [0, 0.1) is 0 Å². The van der Waals surface area contributed by atoms with Gasteiger partial charge in [0.25, 0.3) is 0 Å². The Labute approximate surface area is 104 Å². The molecule has 16 heavy (non-hydrogen) atoms. The van der Waals surface area contributed by atoms with E-state index in [0.717, 1.165) is 11.2 Å². The van der Waals surface area contributed by atoms with Crippen molar-refractivity contribution in [1.82, 2.24) is 15.5 Å². The van der Waals surface area contributed by atoms with Gasteiger partial charge in [0.1, 0.15) is 0 Å². The number of nitrogens with one attached hydrogen (secondary N) is 2. The summed E-state index contributed by atoms with van der Waals surface area (Å²) in [7, 11) is 0. The SMILES string of the molecule is CC(C)NC(=S)NC1CCN2CCCCC12. The summed E-state index contributed by atoms with van der Waals surface area (Å²) in [4.78, 5) is 2.62. The van der Waals surface area contributed by atoms with Crippen molar-refractivity contribution in [2.24, 2.45) is 0 Å². The van der Waals surface area contributed by atoms with E-state index < -0.39 is 0 Å². The van der Waals surface area contributed by atoms with Crippen molar-refractivity contribution >= 4 is 17.3 Å². The second kappa shape index (κ2) is 5.32. The summed E-state index contributed by atoms with van der Waals surface area (Å²) < 4.78 is 0. The fourth-order valence-corrected chi connectivity index (χ4v) is 3.28. The zero-order valence-electron chi connectivity index (χ0n) is 10.3. The molecule has 2 saturated heterocycles. The van der Waals surface area contributed by atoms with Crippen LogP contribution in [0.2, 0.25) is 0 Å². The van der Waals surface area contributed by atoms with Crippen LogP contribution >= 0.6 is 12.2 Å². The third-order valence-corrected chi connectivity index (χ3v) is 3.83. The van der Waals surface area contributed by atoms with E-state index in [1.165, 1.54) is 38.8 Å². The monoisotopic (exact) mass is 241 g/mol. The van der Waals surface area contributed by atoms with Crippen molar-refractivity contribution < 1.29 is 0 Å². The highest BCUT2D eigenvalue weighted by atomic mass is 32.1. The molecule has 92 valence electrons. The van der Waals surface area contributed by atoms with E-state index >= 15 is 0 Å². The molecule has 3 nitrogen and oxygen atoms in total. The van der Waals surface area contributed by atoms with Gasteiger partial charge in [-0.1, -0.05) is 6.42 Å². The first-order valence-electron chi connectivity index (χ1n) is 6.48. The topological polar surface area (TPSA) is 27.3 Å². The highest BCUT2D eigenvalue weighted by Gasteiger charge is 2.35. The number of piperidine rings is 1. The van der Waals surface area contributed by atoms with Gasteiger partial charge in [-0.05, 0) is 51.9 Å². The van der Waals surface area contributed by atoms with Gasteiger partial charge in [-0.15, -0.1) is 0 Å². The van der Waals surface area contributed by atoms with E-state index in [1.54, 1.807) is 0 Å². The maximum absolute atomic E-state index is 5.32. The Hall–Kier alpha value is -0.350. The van der Waals surface area contributed by atoms with E-state index in [4.69, 9.17) is 12.2 Å². The second-order valence-corrected chi connectivity index (χ2v) is 5.68. The van der Waals surface area contributed by atoms with Crippen LogP contribution in [0.15, 0.2) is 0 Å². The van der Waals surface area contributed by atoms with Gasteiger partial charge in [-0.3, -0.25) is 4.90 Å². The molecule has 0 amide bonds. The normalized spacial score (nSPS) is 30.2. The summed E-state index contributed by atoms with van der Waals surface area (Å²) in [5, 5.41) is 7.58. The Morgan fingerprint density at radius 3 is 2.81 bits per heavy atom. The summed E-state index contributed by atoms with van der Waals surface area (Å²) in [6, 6.07) is 1.71. The Bertz CT molecular complexity index is 255. The molecule has 2 atom stereocenters. The second-order valence-electron chi connectivity index (χ2n) is 5.27. The largest absolute Gasteiger partial charge is 0.361 e. The molecule has 2 fully saturated rings. The van der Waals surface area contributed by atoms with Crippen molar-refractivity contribution in [3.8, 4) is 0 Å². The van der Waals surface area contributed by atoms with Crippen LogP contribution in [-0.2, 0) is 0 Å². The maximum Gasteiger partial charge on any atom is 0.166 e. The van der Waals surface area contributed by atoms with Crippen molar-refractivity contribution in [2.75, 3.05) is 13.1 Å². The summed E-state index contributed by atoms with van der Waals surface area (Å²) >= 11 is 5.32. The number of fused-ring (bicyclic) bond motifs is 1. The van der Waals surface area contributed by atoms with Gasteiger partial charge in [0, 0.05) is 24.7 Å². The molecule has 0 saturated carbocycles. The first-order valence-corrected chi connectivity index (χ1v) is 6.88. The van der Waals surface area contributed by atoms with Crippen LogP contribution in [0.3, 0.4) is 0 Å². The minimum Gasteiger partial charge on any atom is -0.361 e. The molecule has 0 aromatic carbocycles. The van der Waals surface area contributed by atoms with Crippen LogP contribution in [0.4, 0.5) is 0 Å². The zero-order chi connectivity index (χ0) is 11.5. The Kier molecular flexibility index (Phi) is 4.03. The van der Waals surface area contributed by atoms with Gasteiger partial charge < -0.3 is 10.6 Å². The quantitative estimate of drug-likeness (QED) is 0.716. The number of thiocarbonyl (C=S) groups is 1. The Morgan fingerprint density at radius 2 is 2.06 bits per heavy atom. The average Bonchev–Trinajstić information content (AvgIpc) is 2.61. The summed E-state index contributed by atoms with van der Waals surface area (Å²) in [6.45, 7) is 6.77. The Morgan fingerprint density at radius 1 is 1.25 bits per heavy atom. The fraction of sp³-hybridized carbons (Fsp3) is 0.917. The summed E-state index contributed by atoms with van der Waals surface area (Å²) in [5.74, 6) is 0. The molecule has 0 aromatic rings. The zero-order valence-corrected chi connectivity index (χ0v) is 11.1. The molecule has 0 bridgehead atoms. The van der Waals surface area contributed by atoms with Crippen LogP contribution in [-0.4, -0.2) is 41.2 Å². The van der Waals surface area contributed by atoms with E-state index in [0.29, 0.717) is 12.1 Å². The molecule has 0 radical (unpaired) electrons. The van der Waals surface area contributed by atoms with Crippen LogP contribution in [0.5, 0.6) is 0 Å². The van der Waals surface area contributed by atoms with E-state index in [2.05, 4.69) is 29.4 Å². The van der Waals surface area contributed by atoms with Gasteiger partial charge in [-0.25, -0.2) is 0 Å². The highest BCUT2D eigenvalue weighted by molar-refractivity contribution is 7.80. The molecule has 2 unspecified atom stereocenters. The molecule has 2 aliphatic heterocycles. The smallest absolute Gasteiger partial charge is 0.166 e. The number of rotatable bonds is 2. The van der Waals surface area contributed by atoms with Crippen molar-refractivity contribution in [1.29, 1.82) is 0 Å². The predicted octanol–water partition coefficient (Wildman–Crippen LogP) is 1.49. The van der Waals surface area contributed by atoms with Crippen molar-refractivity contribution in [2.45, 2.75) is 57.7 Å². The van der Waals surface area contributed by atoms with Gasteiger partial charge in [0.05, 0.1) is 0 Å². The van der Waals surface area contributed by atoms with Crippen molar-refractivity contribution in [3.05, 3.63) is 0 Å². The lowest BCUT2D eigenvalue weighted by Crippen LogP contribution is -2.50. The standard InChI is InChI=1S/C12H23N3S/c1-9(2)13-12(16)14-10-6-8-15-7-4-3-5-11(10)15/h9-11H,3-8H2,1-2H3,(H2,13,14,16). The van der Waals surface area contributed by atoms with Crippen molar-refractivity contribution in [3.63, 3.8) is 0 Å². The molecular weight excluding hydrogens is 218 g/mol. The van der Waals surface area contributed by atoms with E-state index in [-0.39, 0.29) is 0 Å². The lowest BCUT2D eigenvalue weighted by molar-refractivity contribution is 0.185. The molecule has 4 heteroatoms. The molecule has 0 aliphatic carbocycles. The number of nitrogens with zero attached hydrogens (tertiary/aromatic N) is 1. The first kappa shape index (κ1) is 12.1. The molecule has 0 spiro atoms. The van der Waals surface area contributed by atoms with Crippen LogP contribution in [0.25, 0.3) is 0 Å². The summed E-state index contributed by atoms with van der Waals surface area (Å²) in [5.41, 5.74) is 0. The van der Waals surface area contributed by atoms with Gasteiger partial charge in [0.2, 0.25) is 0 Å². The van der Waals surface area contributed by atoms with Gasteiger partial charge >= 0.3 is 0 Å². The molecule has 2 aliphatic rings. The van der Waals surface area contributed by atoms with E-state index in [1.807, 2.05) is 0 Å².